The number of fused-ring (bicyclic) bond motifs is 1. The number of aromatic nitrogens is 1. The van der Waals surface area contributed by atoms with Gasteiger partial charge in [0, 0.05) is 23.2 Å². The lowest BCUT2D eigenvalue weighted by Crippen LogP contribution is -1.95. The smallest absolute Gasteiger partial charge is 0.336 e. The second kappa shape index (κ2) is 5.32. The van der Waals surface area contributed by atoms with Crippen LogP contribution in [0.15, 0.2) is 57.9 Å². The minimum atomic E-state index is -0.434. The molecule has 0 saturated heterocycles. The van der Waals surface area contributed by atoms with E-state index in [0.717, 1.165) is 0 Å². The van der Waals surface area contributed by atoms with Gasteiger partial charge in [-0.2, -0.15) is 5.26 Å². The number of nitrogens with zero attached hydrogens (tertiary/aromatic N) is 2. The lowest BCUT2D eigenvalue weighted by Gasteiger charge is -1.99. The van der Waals surface area contributed by atoms with E-state index in [0.29, 0.717) is 27.8 Å². The molecule has 0 radical (unpaired) electrons. The third-order valence-corrected chi connectivity index (χ3v) is 2.87. The predicted octanol–water partition coefficient (Wildman–Crippen LogP) is 2.46. The van der Waals surface area contributed by atoms with E-state index in [-0.39, 0.29) is 0 Å². The van der Waals surface area contributed by atoms with Gasteiger partial charge in [-0.25, -0.2) is 9.78 Å². The van der Waals surface area contributed by atoms with Gasteiger partial charge in [-0.15, -0.1) is 0 Å². The van der Waals surface area contributed by atoms with Crippen molar-refractivity contribution in [2.24, 2.45) is 0 Å². The molecule has 0 aliphatic carbocycles. The van der Waals surface area contributed by atoms with Crippen molar-refractivity contribution < 1.29 is 4.42 Å². The van der Waals surface area contributed by atoms with E-state index in [1.165, 1.54) is 6.07 Å². The molecule has 0 aliphatic rings. The number of nitriles is 1. The SMILES string of the molecule is N#Cc1cc2ccc(=O)oc2cc1C#Cc1ccccn1. The summed E-state index contributed by atoms with van der Waals surface area (Å²) in [6.07, 6.45) is 1.65. The molecule has 0 aliphatic heterocycles. The van der Waals surface area contributed by atoms with Gasteiger partial charge in [0.1, 0.15) is 17.3 Å². The van der Waals surface area contributed by atoms with E-state index in [1.54, 1.807) is 36.5 Å². The van der Waals surface area contributed by atoms with Crippen molar-refractivity contribution in [3.05, 3.63) is 75.9 Å². The molecule has 0 bridgehead atoms. The Kier molecular flexibility index (Phi) is 3.21. The Labute approximate surface area is 120 Å². The van der Waals surface area contributed by atoms with Crippen LogP contribution < -0.4 is 5.63 Å². The second-order valence-corrected chi connectivity index (χ2v) is 4.27. The topological polar surface area (TPSA) is 66.9 Å². The molecule has 0 amide bonds. The number of hydrogen-bond acceptors (Lipinski definition) is 4. The minimum Gasteiger partial charge on any atom is -0.423 e. The van der Waals surface area contributed by atoms with E-state index in [2.05, 4.69) is 22.9 Å². The fraction of sp³-hybridized carbons (Fsp3) is 0. The summed E-state index contributed by atoms with van der Waals surface area (Å²) in [6.45, 7) is 0. The summed E-state index contributed by atoms with van der Waals surface area (Å²) in [5, 5.41) is 9.89. The number of hydrogen-bond donors (Lipinski definition) is 0. The fourth-order valence-electron chi connectivity index (χ4n) is 1.88. The van der Waals surface area contributed by atoms with Gasteiger partial charge in [-0.1, -0.05) is 12.0 Å². The van der Waals surface area contributed by atoms with Gasteiger partial charge in [0.25, 0.3) is 0 Å². The summed E-state index contributed by atoms with van der Waals surface area (Å²) in [5.41, 5.74) is 1.52. The van der Waals surface area contributed by atoms with E-state index in [9.17, 15) is 10.1 Å². The van der Waals surface area contributed by atoms with Crippen molar-refractivity contribution in [1.29, 1.82) is 5.26 Å². The first-order chi connectivity index (χ1) is 10.3. The Morgan fingerprint density at radius 1 is 1.05 bits per heavy atom. The molecule has 0 N–H and O–H groups in total. The highest BCUT2D eigenvalue weighted by molar-refractivity contribution is 5.80. The zero-order chi connectivity index (χ0) is 14.7. The van der Waals surface area contributed by atoms with Gasteiger partial charge in [-0.05, 0) is 36.3 Å². The van der Waals surface area contributed by atoms with Gasteiger partial charge in [0.2, 0.25) is 0 Å². The van der Waals surface area contributed by atoms with E-state index in [1.807, 2.05) is 6.07 Å². The summed E-state index contributed by atoms with van der Waals surface area (Å²) in [5.74, 6) is 5.78. The first kappa shape index (κ1) is 12.7. The molecule has 0 saturated carbocycles. The Hall–Kier alpha value is -3.37. The van der Waals surface area contributed by atoms with E-state index in [4.69, 9.17) is 4.42 Å². The highest BCUT2D eigenvalue weighted by atomic mass is 16.4. The zero-order valence-electron chi connectivity index (χ0n) is 10.8. The van der Waals surface area contributed by atoms with Crippen molar-refractivity contribution >= 4 is 11.0 Å². The third-order valence-electron chi connectivity index (χ3n) is 2.87. The molecule has 4 heteroatoms. The molecule has 3 rings (SSSR count). The van der Waals surface area contributed by atoms with Crippen LogP contribution >= 0.6 is 0 Å². The van der Waals surface area contributed by atoms with Crippen LogP contribution in [0.5, 0.6) is 0 Å². The molecule has 21 heavy (non-hydrogen) atoms. The first-order valence-corrected chi connectivity index (χ1v) is 6.17. The largest absolute Gasteiger partial charge is 0.423 e. The molecule has 0 fully saturated rings. The van der Waals surface area contributed by atoms with Gasteiger partial charge >= 0.3 is 5.63 Å². The standard InChI is InChI=1S/C17H8N2O2/c18-11-14-9-13-5-7-17(20)21-16(13)10-12(14)4-6-15-3-1-2-8-19-15/h1-3,5,7-10H. The predicted molar refractivity (Wildman–Crippen MR) is 77.4 cm³/mol. The summed E-state index contributed by atoms with van der Waals surface area (Å²) in [6, 6.07) is 13.7. The van der Waals surface area contributed by atoms with Crippen molar-refractivity contribution in [2.75, 3.05) is 0 Å². The van der Waals surface area contributed by atoms with Gasteiger partial charge < -0.3 is 4.42 Å². The van der Waals surface area contributed by atoms with Crippen molar-refractivity contribution in [3.63, 3.8) is 0 Å². The maximum atomic E-state index is 11.3. The molecule has 98 valence electrons. The van der Waals surface area contributed by atoms with E-state index < -0.39 is 5.63 Å². The Morgan fingerprint density at radius 2 is 1.95 bits per heavy atom. The van der Waals surface area contributed by atoms with Crippen molar-refractivity contribution in [1.82, 2.24) is 4.98 Å². The van der Waals surface area contributed by atoms with Gasteiger partial charge in [0.05, 0.1) is 5.56 Å². The average molecular weight is 272 g/mol. The maximum Gasteiger partial charge on any atom is 0.336 e. The molecule has 0 unspecified atom stereocenters. The van der Waals surface area contributed by atoms with Crippen molar-refractivity contribution in [2.45, 2.75) is 0 Å². The van der Waals surface area contributed by atoms with Crippen LogP contribution in [0.2, 0.25) is 0 Å². The summed E-state index contributed by atoms with van der Waals surface area (Å²) in [4.78, 5) is 15.3. The second-order valence-electron chi connectivity index (χ2n) is 4.27. The number of benzene rings is 1. The third kappa shape index (κ3) is 2.65. The van der Waals surface area contributed by atoms with E-state index >= 15 is 0 Å². The molecular weight excluding hydrogens is 264 g/mol. The minimum absolute atomic E-state index is 0.409. The highest BCUT2D eigenvalue weighted by Gasteiger charge is 2.05. The van der Waals surface area contributed by atoms with Gasteiger partial charge in [-0.3, -0.25) is 0 Å². The van der Waals surface area contributed by atoms with Crippen LogP contribution in [0.25, 0.3) is 11.0 Å². The Morgan fingerprint density at radius 3 is 2.71 bits per heavy atom. The molecule has 0 spiro atoms. The highest BCUT2D eigenvalue weighted by Crippen LogP contribution is 2.18. The summed E-state index contributed by atoms with van der Waals surface area (Å²) < 4.78 is 5.11. The average Bonchev–Trinajstić information content (AvgIpc) is 2.53. The van der Waals surface area contributed by atoms with Crippen LogP contribution in [-0.4, -0.2) is 4.98 Å². The van der Waals surface area contributed by atoms with Crippen LogP contribution in [0.3, 0.4) is 0 Å². The normalized spacial score (nSPS) is 9.67. The fourth-order valence-corrected chi connectivity index (χ4v) is 1.88. The van der Waals surface area contributed by atoms with Crippen LogP contribution in [0.1, 0.15) is 16.8 Å². The quantitative estimate of drug-likeness (QED) is 0.465. The molecular formula is C17H8N2O2. The number of pyridine rings is 1. The first-order valence-electron chi connectivity index (χ1n) is 6.17. The lowest BCUT2D eigenvalue weighted by atomic mass is 10.1. The summed E-state index contributed by atoms with van der Waals surface area (Å²) >= 11 is 0. The molecule has 2 aromatic heterocycles. The van der Waals surface area contributed by atoms with Crippen LogP contribution in [-0.2, 0) is 0 Å². The Bertz CT molecular complexity index is 971. The molecule has 1 aromatic carbocycles. The molecule has 0 atom stereocenters. The lowest BCUT2D eigenvalue weighted by molar-refractivity contribution is 0.561. The molecule has 4 nitrogen and oxygen atoms in total. The molecule has 3 aromatic rings. The zero-order valence-corrected chi connectivity index (χ0v) is 10.8. The number of rotatable bonds is 0. The maximum absolute atomic E-state index is 11.3. The monoisotopic (exact) mass is 272 g/mol. The van der Waals surface area contributed by atoms with Gasteiger partial charge in [0.15, 0.2) is 0 Å². The van der Waals surface area contributed by atoms with Crippen LogP contribution in [0.4, 0.5) is 0 Å². The van der Waals surface area contributed by atoms with Crippen LogP contribution in [0, 0.1) is 23.2 Å². The Balaban J connectivity index is 2.16. The summed E-state index contributed by atoms with van der Waals surface area (Å²) in [7, 11) is 0. The van der Waals surface area contributed by atoms with Crippen molar-refractivity contribution in [3.8, 4) is 17.9 Å². The molecule has 2 heterocycles.